The molecule has 2 aliphatic rings. The van der Waals surface area contributed by atoms with E-state index in [0.29, 0.717) is 30.3 Å². The molecule has 1 aromatic heterocycles. The van der Waals surface area contributed by atoms with Gasteiger partial charge in [-0.3, -0.25) is 9.48 Å². The van der Waals surface area contributed by atoms with Crippen LogP contribution in [0.3, 0.4) is 0 Å². The Morgan fingerprint density at radius 2 is 1.88 bits per heavy atom. The van der Waals surface area contributed by atoms with Crippen molar-refractivity contribution in [3.63, 3.8) is 0 Å². The molecule has 2 heterocycles. The molecule has 2 aromatic rings. The smallest absolute Gasteiger partial charge is 0.331 e. The lowest BCUT2D eigenvalue weighted by Gasteiger charge is -2.34. The van der Waals surface area contributed by atoms with Crippen LogP contribution in [0.25, 0.3) is 0 Å². The molecule has 1 aliphatic carbocycles. The molecule has 25 heavy (non-hydrogen) atoms. The minimum Gasteiger partial charge on any atom is -0.479 e. The molecule has 1 atom stereocenters. The molecule has 1 saturated carbocycles. The number of amides is 1. The van der Waals surface area contributed by atoms with Gasteiger partial charge >= 0.3 is 5.97 Å². The number of fused-ring (bicyclic) bond motifs is 1. The van der Waals surface area contributed by atoms with Crippen molar-refractivity contribution in [1.29, 1.82) is 0 Å². The standard InChI is InChI=1S/C19H21N3O3/c23-18(16-10-12-22(20-16)14-6-2-3-7-14)21-11-9-13-5-1-4-8-15(13)17(21)19(24)25/h1,4-5,8,10,12,14,17H,2-3,6-7,9,11H2,(H,24,25). The summed E-state index contributed by atoms with van der Waals surface area (Å²) < 4.78 is 1.87. The third-order valence-corrected chi connectivity index (χ3v) is 5.30. The first-order valence-electron chi connectivity index (χ1n) is 8.82. The monoisotopic (exact) mass is 339 g/mol. The van der Waals surface area contributed by atoms with E-state index in [0.717, 1.165) is 18.4 Å². The van der Waals surface area contributed by atoms with Crippen LogP contribution in [0.5, 0.6) is 0 Å². The number of carbonyl (C=O) groups is 2. The number of carboxylic acids is 1. The van der Waals surface area contributed by atoms with Gasteiger partial charge < -0.3 is 10.0 Å². The maximum Gasteiger partial charge on any atom is 0.331 e. The first-order valence-corrected chi connectivity index (χ1v) is 8.82. The molecule has 0 spiro atoms. The van der Waals surface area contributed by atoms with Gasteiger partial charge in [0.15, 0.2) is 6.04 Å². The molecule has 0 bridgehead atoms. The third kappa shape index (κ3) is 2.81. The fourth-order valence-corrected chi connectivity index (χ4v) is 4.02. The molecular weight excluding hydrogens is 318 g/mol. The quantitative estimate of drug-likeness (QED) is 0.933. The van der Waals surface area contributed by atoms with Gasteiger partial charge in [-0.25, -0.2) is 4.79 Å². The van der Waals surface area contributed by atoms with Crippen LogP contribution >= 0.6 is 0 Å². The maximum atomic E-state index is 12.9. The Balaban J connectivity index is 1.62. The van der Waals surface area contributed by atoms with E-state index in [4.69, 9.17) is 0 Å². The second-order valence-corrected chi connectivity index (χ2v) is 6.81. The SMILES string of the molecule is O=C(O)C1c2ccccc2CCN1C(=O)c1ccn(C2CCCC2)n1. The largest absolute Gasteiger partial charge is 0.479 e. The average molecular weight is 339 g/mol. The second kappa shape index (κ2) is 6.35. The average Bonchev–Trinajstić information content (AvgIpc) is 3.31. The van der Waals surface area contributed by atoms with E-state index in [1.807, 2.05) is 29.1 Å². The van der Waals surface area contributed by atoms with Crippen LogP contribution in [0.2, 0.25) is 0 Å². The Labute approximate surface area is 146 Å². The Bertz CT molecular complexity index is 808. The maximum absolute atomic E-state index is 12.9. The van der Waals surface area contributed by atoms with Crippen LogP contribution in [0, 0.1) is 0 Å². The van der Waals surface area contributed by atoms with Crippen LogP contribution in [0.1, 0.15) is 59.4 Å². The van der Waals surface area contributed by atoms with E-state index >= 15 is 0 Å². The van der Waals surface area contributed by atoms with Gasteiger partial charge in [-0.05, 0) is 36.5 Å². The van der Waals surface area contributed by atoms with E-state index < -0.39 is 12.0 Å². The van der Waals surface area contributed by atoms with E-state index in [-0.39, 0.29) is 5.91 Å². The van der Waals surface area contributed by atoms with Crippen molar-refractivity contribution in [1.82, 2.24) is 14.7 Å². The van der Waals surface area contributed by atoms with Crippen molar-refractivity contribution in [2.75, 3.05) is 6.54 Å². The van der Waals surface area contributed by atoms with Crippen molar-refractivity contribution in [2.45, 2.75) is 44.2 Å². The molecule has 1 N–H and O–H groups in total. The van der Waals surface area contributed by atoms with Gasteiger partial charge in [-0.2, -0.15) is 5.10 Å². The molecule has 6 heteroatoms. The van der Waals surface area contributed by atoms with Gasteiger partial charge in [0.1, 0.15) is 5.69 Å². The van der Waals surface area contributed by atoms with E-state index in [2.05, 4.69) is 5.10 Å². The molecule has 1 fully saturated rings. The summed E-state index contributed by atoms with van der Waals surface area (Å²) >= 11 is 0. The first-order chi connectivity index (χ1) is 12.1. The lowest BCUT2D eigenvalue weighted by molar-refractivity contribution is -0.143. The van der Waals surface area contributed by atoms with Gasteiger partial charge in [0.05, 0.1) is 6.04 Å². The van der Waals surface area contributed by atoms with E-state index in [1.165, 1.54) is 17.7 Å². The summed E-state index contributed by atoms with van der Waals surface area (Å²) in [6.07, 6.45) is 7.07. The molecule has 1 unspecified atom stereocenters. The molecule has 4 rings (SSSR count). The van der Waals surface area contributed by atoms with Gasteiger partial charge in [0.25, 0.3) is 5.91 Å². The highest BCUT2D eigenvalue weighted by Gasteiger charge is 2.37. The number of nitrogens with zero attached hydrogens (tertiary/aromatic N) is 3. The Morgan fingerprint density at radius 1 is 1.12 bits per heavy atom. The topological polar surface area (TPSA) is 75.4 Å². The van der Waals surface area contributed by atoms with Gasteiger partial charge in [0, 0.05) is 12.7 Å². The van der Waals surface area contributed by atoms with Crippen molar-refractivity contribution in [3.8, 4) is 0 Å². The molecule has 0 saturated heterocycles. The van der Waals surface area contributed by atoms with Crippen LogP contribution in [-0.2, 0) is 11.2 Å². The molecule has 1 aliphatic heterocycles. The predicted molar refractivity (Wildman–Crippen MR) is 91.3 cm³/mol. The predicted octanol–water partition coefficient (Wildman–Crippen LogP) is 2.82. The highest BCUT2D eigenvalue weighted by molar-refractivity contribution is 5.95. The summed E-state index contributed by atoms with van der Waals surface area (Å²) in [4.78, 5) is 26.2. The molecule has 1 amide bonds. The van der Waals surface area contributed by atoms with Gasteiger partial charge in [-0.1, -0.05) is 37.1 Å². The lowest BCUT2D eigenvalue weighted by Crippen LogP contribution is -2.43. The zero-order valence-corrected chi connectivity index (χ0v) is 14.0. The van der Waals surface area contributed by atoms with Crippen molar-refractivity contribution in [2.24, 2.45) is 0 Å². The summed E-state index contributed by atoms with van der Waals surface area (Å²) in [5, 5.41) is 14.2. The Kier molecular flexibility index (Phi) is 4.03. The molecular formula is C19H21N3O3. The minimum absolute atomic E-state index is 0.307. The fraction of sp³-hybridized carbons (Fsp3) is 0.421. The Hall–Kier alpha value is -2.63. The molecule has 130 valence electrons. The highest BCUT2D eigenvalue weighted by atomic mass is 16.4. The number of aliphatic carboxylic acids is 1. The lowest BCUT2D eigenvalue weighted by atomic mass is 9.92. The number of hydrogen-bond acceptors (Lipinski definition) is 3. The molecule has 6 nitrogen and oxygen atoms in total. The summed E-state index contributed by atoms with van der Waals surface area (Å²) in [7, 11) is 0. The number of benzene rings is 1. The van der Waals surface area contributed by atoms with Crippen molar-refractivity contribution >= 4 is 11.9 Å². The van der Waals surface area contributed by atoms with Crippen LogP contribution in [0.4, 0.5) is 0 Å². The number of carboxylic acid groups (broad SMARTS) is 1. The van der Waals surface area contributed by atoms with Crippen LogP contribution in [0.15, 0.2) is 36.5 Å². The van der Waals surface area contributed by atoms with Crippen LogP contribution < -0.4 is 0 Å². The second-order valence-electron chi connectivity index (χ2n) is 6.81. The molecule has 1 aromatic carbocycles. The summed E-state index contributed by atoms with van der Waals surface area (Å²) in [6.45, 7) is 0.392. The minimum atomic E-state index is -1.00. The van der Waals surface area contributed by atoms with E-state index in [9.17, 15) is 14.7 Å². The first kappa shape index (κ1) is 15.9. The van der Waals surface area contributed by atoms with Crippen LogP contribution in [-0.4, -0.2) is 38.2 Å². The fourth-order valence-electron chi connectivity index (χ4n) is 4.02. The summed E-state index contributed by atoms with van der Waals surface area (Å²) in [5.41, 5.74) is 2.03. The van der Waals surface area contributed by atoms with Crippen molar-refractivity contribution < 1.29 is 14.7 Å². The summed E-state index contributed by atoms with van der Waals surface area (Å²) in [5.74, 6) is -1.31. The van der Waals surface area contributed by atoms with E-state index in [1.54, 1.807) is 12.1 Å². The van der Waals surface area contributed by atoms with Gasteiger partial charge in [-0.15, -0.1) is 0 Å². The Morgan fingerprint density at radius 3 is 2.64 bits per heavy atom. The van der Waals surface area contributed by atoms with Gasteiger partial charge in [0.2, 0.25) is 0 Å². The summed E-state index contributed by atoms with van der Waals surface area (Å²) in [6, 6.07) is 8.57. The number of rotatable bonds is 3. The normalized spacial score (nSPS) is 20.5. The number of carbonyl (C=O) groups excluding carboxylic acids is 1. The third-order valence-electron chi connectivity index (χ3n) is 5.30. The molecule has 0 radical (unpaired) electrons. The number of aromatic nitrogens is 2. The number of hydrogen-bond donors (Lipinski definition) is 1. The highest BCUT2D eigenvalue weighted by Crippen LogP contribution is 2.32. The van der Waals surface area contributed by atoms with Crippen molar-refractivity contribution in [3.05, 3.63) is 53.3 Å². The zero-order valence-electron chi connectivity index (χ0n) is 14.0. The zero-order chi connectivity index (χ0) is 17.4.